The Hall–Kier alpha value is -2.42. The Morgan fingerprint density at radius 3 is 2.88 bits per heavy atom. The van der Waals surface area contributed by atoms with E-state index in [2.05, 4.69) is 15.2 Å². The van der Waals surface area contributed by atoms with E-state index in [4.69, 9.17) is 32.5 Å². The quantitative estimate of drug-likeness (QED) is 0.679. The largest absolute Gasteiger partial charge is 0.377 e. The number of rotatable bonds is 3. The highest BCUT2D eigenvalue weighted by molar-refractivity contribution is 6.42. The highest BCUT2D eigenvalue weighted by Gasteiger charge is 2.33. The van der Waals surface area contributed by atoms with Gasteiger partial charge in [-0.25, -0.2) is 4.68 Å². The number of hydrogen-bond donors (Lipinski definition) is 0. The number of carbonyl (C=O) groups excluding carboxylic acids is 1. The van der Waals surface area contributed by atoms with E-state index in [1.807, 2.05) is 0 Å². The van der Waals surface area contributed by atoms with Gasteiger partial charge >= 0.3 is 0 Å². The molecule has 134 valence electrons. The van der Waals surface area contributed by atoms with Crippen molar-refractivity contribution in [2.75, 3.05) is 19.8 Å². The molecule has 3 heterocycles. The van der Waals surface area contributed by atoms with Crippen LogP contribution >= 0.6 is 23.2 Å². The summed E-state index contributed by atoms with van der Waals surface area (Å²) in [5, 5.41) is 9.05. The van der Waals surface area contributed by atoms with Crippen LogP contribution in [0.2, 0.25) is 10.0 Å². The summed E-state index contributed by atoms with van der Waals surface area (Å²) in [6.07, 6.45) is 2.92. The molecule has 2 aromatic heterocycles. The zero-order valence-electron chi connectivity index (χ0n) is 13.4. The van der Waals surface area contributed by atoms with Crippen LogP contribution in [-0.2, 0) is 4.74 Å². The number of amides is 1. The van der Waals surface area contributed by atoms with Crippen LogP contribution < -0.4 is 0 Å². The standard InChI is InChI=1S/C16H13Cl2N5O3/c17-11-2-1-10(7-12(11)18)23-4-3-13(20-23)16(24)22-5-6-25-8-14(22)15-19-9-26-21-15/h1-4,7,9,14H,5-6,8H2. The third kappa shape index (κ3) is 3.18. The molecule has 1 atom stereocenters. The lowest BCUT2D eigenvalue weighted by atomic mass is 10.2. The summed E-state index contributed by atoms with van der Waals surface area (Å²) in [5.41, 5.74) is 1.00. The molecule has 0 spiro atoms. The minimum Gasteiger partial charge on any atom is -0.377 e. The van der Waals surface area contributed by atoms with Crippen molar-refractivity contribution in [2.24, 2.45) is 0 Å². The van der Waals surface area contributed by atoms with Gasteiger partial charge < -0.3 is 14.2 Å². The van der Waals surface area contributed by atoms with Crippen molar-refractivity contribution in [1.29, 1.82) is 0 Å². The summed E-state index contributed by atoms with van der Waals surface area (Å²) in [7, 11) is 0. The van der Waals surface area contributed by atoms with Crippen LogP contribution in [-0.4, -0.2) is 50.5 Å². The first-order valence-electron chi connectivity index (χ1n) is 7.79. The molecule has 1 fully saturated rings. The lowest BCUT2D eigenvalue weighted by Gasteiger charge is -2.33. The third-order valence-electron chi connectivity index (χ3n) is 4.04. The monoisotopic (exact) mass is 393 g/mol. The van der Waals surface area contributed by atoms with E-state index in [-0.39, 0.29) is 5.91 Å². The maximum Gasteiger partial charge on any atom is 0.275 e. The van der Waals surface area contributed by atoms with Crippen LogP contribution in [0.1, 0.15) is 22.4 Å². The topological polar surface area (TPSA) is 86.3 Å². The molecule has 0 N–H and O–H groups in total. The van der Waals surface area contributed by atoms with E-state index in [0.717, 1.165) is 0 Å². The molecule has 26 heavy (non-hydrogen) atoms. The van der Waals surface area contributed by atoms with Crippen LogP contribution in [0.4, 0.5) is 0 Å². The highest BCUT2D eigenvalue weighted by Crippen LogP contribution is 2.25. The first kappa shape index (κ1) is 17.0. The number of nitrogens with zero attached hydrogens (tertiary/aromatic N) is 5. The molecule has 4 rings (SSSR count). The molecule has 0 saturated carbocycles. The Morgan fingerprint density at radius 2 is 2.12 bits per heavy atom. The molecular weight excluding hydrogens is 381 g/mol. The molecule has 1 aliphatic rings. The number of aromatic nitrogens is 4. The zero-order chi connectivity index (χ0) is 18.1. The average Bonchev–Trinajstić information content (AvgIpc) is 3.35. The molecule has 1 saturated heterocycles. The van der Waals surface area contributed by atoms with E-state index < -0.39 is 6.04 Å². The van der Waals surface area contributed by atoms with E-state index in [0.29, 0.717) is 47.0 Å². The summed E-state index contributed by atoms with van der Waals surface area (Å²) in [4.78, 5) is 18.6. The Labute approximate surface area is 158 Å². The molecule has 10 heteroatoms. The second kappa shape index (κ2) is 7.06. The van der Waals surface area contributed by atoms with Gasteiger partial charge in [0.15, 0.2) is 11.5 Å². The maximum absolute atomic E-state index is 12.9. The van der Waals surface area contributed by atoms with Gasteiger partial charge in [-0.3, -0.25) is 4.79 Å². The van der Waals surface area contributed by atoms with Gasteiger partial charge in [-0.1, -0.05) is 28.4 Å². The predicted molar refractivity (Wildman–Crippen MR) is 92.5 cm³/mol. The Kier molecular flexibility index (Phi) is 4.62. The SMILES string of the molecule is O=C(c1ccn(-c2ccc(Cl)c(Cl)c2)n1)N1CCOCC1c1ncon1. The number of morpholine rings is 1. The first-order chi connectivity index (χ1) is 12.6. The van der Waals surface area contributed by atoms with Crippen molar-refractivity contribution in [3.63, 3.8) is 0 Å². The summed E-state index contributed by atoms with van der Waals surface area (Å²) >= 11 is 12.0. The number of hydrogen-bond acceptors (Lipinski definition) is 6. The fraction of sp³-hybridized carbons (Fsp3) is 0.250. The summed E-state index contributed by atoms with van der Waals surface area (Å²) in [5.74, 6) is 0.170. The second-order valence-electron chi connectivity index (χ2n) is 5.62. The number of carbonyl (C=O) groups is 1. The fourth-order valence-corrected chi connectivity index (χ4v) is 3.04. The zero-order valence-corrected chi connectivity index (χ0v) is 14.9. The molecule has 1 unspecified atom stereocenters. The van der Waals surface area contributed by atoms with E-state index in [9.17, 15) is 4.79 Å². The van der Waals surface area contributed by atoms with Crippen molar-refractivity contribution in [3.8, 4) is 5.69 Å². The molecule has 0 aliphatic carbocycles. The van der Waals surface area contributed by atoms with Crippen LogP contribution in [0.3, 0.4) is 0 Å². The summed E-state index contributed by atoms with van der Waals surface area (Å²) < 4.78 is 11.8. The van der Waals surface area contributed by atoms with Gasteiger partial charge in [0.05, 0.1) is 28.9 Å². The van der Waals surface area contributed by atoms with Crippen molar-refractivity contribution in [1.82, 2.24) is 24.8 Å². The lowest BCUT2D eigenvalue weighted by Crippen LogP contribution is -2.44. The van der Waals surface area contributed by atoms with Gasteiger partial charge in [0.25, 0.3) is 5.91 Å². The molecule has 3 aromatic rings. The Morgan fingerprint density at radius 1 is 1.23 bits per heavy atom. The predicted octanol–water partition coefficient (Wildman–Crippen LogP) is 2.78. The van der Waals surface area contributed by atoms with Crippen LogP contribution in [0.15, 0.2) is 41.4 Å². The van der Waals surface area contributed by atoms with Crippen LogP contribution in [0.5, 0.6) is 0 Å². The molecular formula is C16H13Cl2N5O3. The molecule has 1 aliphatic heterocycles. The molecule has 0 radical (unpaired) electrons. The van der Waals surface area contributed by atoms with E-state index in [1.54, 1.807) is 40.0 Å². The molecule has 1 amide bonds. The van der Waals surface area contributed by atoms with Gasteiger partial charge in [0.2, 0.25) is 6.39 Å². The summed E-state index contributed by atoms with van der Waals surface area (Å²) in [6.45, 7) is 1.16. The Balaban J connectivity index is 1.60. The summed E-state index contributed by atoms with van der Waals surface area (Å²) in [6, 6.07) is 6.36. The number of ether oxygens (including phenoxy) is 1. The molecule has 0 bridgehead atoms. The number of halogens is 2. The smallest absolute Gasteiger partial charge is 0.275 e. The van der Waals surface area contributed by atoms with Gasteiger partial charge in [-0.15, -0.1) is 0 Å². The number of benzene rings is 1. The molecule has 8 nitrogen and oxygen atoms in total. The first-order valence-corrected chi connectivity index (χ1v) is 8.55. The van der Waals surface area contributed by atoms with Gasteiger partial charge in [0.1, 0.15) is 6.04 Å². The average molecular weight is 394 g/mol. The van der Waals surface area contributed by atoms with Gasteiger partial charge in [-0.05, 0) is 24.3 Å². The maximum atomic E-state index is 12.9. The fourth-order valence-electron chi connectivity index (χ4n) is 2.74. The Bertz CT molecular complexity index is 928. The van der Waals surface area contributed by atoms with Crippen molar-refractivity contribution in [3.05, 3.63) is 58.4 Å². The van der Waals surface area contributed by atoms with Crippen LogP contribution in [0.25, 0.3) is 5.69 Å². The second-order valence-corrected chi connectivity index (χ2v) is 6.44. The minimum absolute atomic E-state index is 0.234. The third-order valence-corrected chi connectivity index (χ3v) is 4.78. The van der Waals surface area contributed by atoms with Crippen molar-refractivity contribution >= 4 is 29.1 Å². The normalized spacial score (nSPS) is 17.5. The van der Waals surface area contributed by atoms with Crippen LogP contribution in [0, 0.1) is 0 Å². The molecule has 1 aromatic carbocycles. The highest BCUT2D eigenvalue weighted by atomic mass is 35.5. The van der Waals surface area contributed by atoms with E-state index in [1.165, 1.54) is 6.39 Å². The van der Waals surface area contributed by atoms with Gasteiger partial charge in [0, 0.05) is 12.7 Å². The van der Waals surface area contributed by atoms with Gasteiger partial charge in [-0.2, -0.15) is 10.1 Å². The van der Waals surface area contributed by atoms with Crippen molar-refractivity contribution < 1.29 is 14.1 Å². The van der Waals surface area contributed by atoms with E-state index >= 15 is 0 Å². The lowest BCUT2D eigenvalue weighted by molar-refractivity contribution is -0.00609. The minimum atomic E-state index is -0.412. The van der Waals surface area contributed by atoms with Crippen molar-refractivity contribution in [2.45, 2.75) is 6.04 Å².